The van der Waals surface area contributed by atoms with Gasteiger partial charge < -0.3 is 4.74 Å². The number of nitrogens with zero attached hydrogens (tertiary/aromatic N) is 1. The molecule has 0 fully saturated rings. The van der Waals surface area contributed by atoms with Crippen molar-refractivity contribution in [3.63, 3.8) is 0 Å². The van der Waals surface area contributed by atoms with E-state index in [0.29, 0.717) is 9.90 Å². The fraction of sp³-hybridized carbons (Fsp3) is 0.0526. The molecule has 0 aliphatic carbocycles. The standard InChI is InChI=1S/C19H11BrClNO2S/c1-10-2-7-13-15(8-10)25-17(16(13)21)18-22-14(19(23)24-18)9-11-3-5-12(20)6-4-11/h2-9H,1H3/b14-9+. The van der Waals surface area contributed by atoms with Gasteiger partial charge in [-0.05, 0) is 42.3 Å². The maximum Gasteiger partial charge on any atom is 0.363 e. The SMILES string of the molecule is Cc1ccc2c(Cl)c(C3=N/C(=C/c4ccc(Br)cc4)C(=O)O3)sc2c1. The van der Waals surface area contributed by atoms with Crippen LogP contribution < -0.4 is 0 Å². The number of ether oxygens (including phenoxy) is 1. The summed E-state index contributed by atoms with van der Waals surface area (Å²) < 4.78 is 7.37. The van der Waals surface area contributed by atoms with Gasteiger partial charge in [0.15, 0.2) is 5.70 Å². The van der Waals surface area contributed by atoms with Gasteiger partial charge in [0.25, 0.3) is 0 Å². The lowest BCUT2D eigenvalue weighted by Crippen LogP contribution is -2.04. The number of benzene rings is 2. The Labute approximate surface area is 161 Å². The topological polar surface area (TPSA) is 38.7 Å². The second-order valence-corrected chi connectivity index (χ2v) is 7.98. The number of fused-ring (bicyclic) bond motifs is 1. The molecule has 1 aliphatic heterocycles. The molecule has 3 aromatic rings. The van der Waals surface area contributed by atoms with Crippen LogP contribution in [0.5, 0.6) is 0 Å². The van der Waals surface area contributed by atoms with Crippen molar-refractivity contribution in [1.29, 1.82) is 0 Å². The van der Waals surface area contributed by atoms with E-state index in [1.165, 1.54) is 11.3 Å². The van der Waals surface area contributed by atoms with Gasteiger partial charge in [0.2, 0.25) is 5.90 Å². The summed E-state index contributed by atoms with van der Waals surface area (Å²) in [5, 5.41) is 1.51. The highest BCUT2D eigenvalue weighted by Crippen LogP contribution is 2.37. The summed E-state index contributed by atoms with van der Waals surface area (Å²) in [7, 11) is 0. The van der Waals surface area contributed by atoms with E-state index in [1.54, 1.807) is 6.08 Å². The number of aliphatic imine (C=N–C) groups is 1. The number of hydrogen-bond donors (Lipinski definition) is 0. The predicted octanol–water partition coefficient (Wildman–Crippen LogP) is 5.97. The van der Waals surface area contributed by atoms with Crippen molar-refractivity contribution in [3.8, 4) is 0 Å². The second kappa shape index (κ2) is 6.41. The largest absolute Gasteiger partial charge is 0.401 e. The lowest BCUT2D eigenvalue weighted by molar-refractivity contribution is -0.129. The van der Waals surface area contributed by atoms with Crippen LogP contribution in [0.25, 0.3) is 16.2 Å². The van der Waals surface area contributed by atoms with E-state index in [9.17, 15) is 4.79 Å². The molecule has 1 aromatic heterocycles. The maximum absolute atomic E-state index is 12.2. The van der Waals surface area contributed by atoms with Crippen LogP contribution in [-0.4, -0.2) is 11.9 Å². The summed E-state index contributed by atoms with van der Waals surface area (Å²) in [6, 6.07) is 13.6. The number of halogens is 2. The Morgan fingerprint density at radius 2 is 1.96 bits per heavy atom. The zero-order valence-corrected chi connectivity index (χ0v) is 16.2. The van der Waals surface area contributed by atoms with Crippen LogP contribution in [0.4, 0.5) is 0 Å². The number of cyclic esters (lactones) is 1. The van der Waals surface area contributed by atoms with E-state index < -0.39 is 5.97 Å². The van der Waals surface area contributed by atoms with Crippen molar-refractivity contribution in [3.05, 3.63) is 73.7 Å². The molecule has 0 saturated heterocycles. The van der Waals surface area contributed by atoms with Crippen LogP contribution in [0, 0.1) is 6.92 Å². The third-order valence-electron chi connectivity index (χ3n) is 3.77. The fourth-order valence-corrected chi connectivity index (χ4v) is 4.33. The maximum atomic E-state index is 12.2. The molecule has 1 aliphatic rings. The molecular formula is C19H11BrClNO2S. The minimum Gasteiger partial charge on any atom is -0.401 e. The number of thiophene rings is 1. The Balaban J connectivity index is 1.75. The molecule has 6 heteroatoms. The van der Waals surface area contributed by atoms with Crippen LogP contribution in [0.2, 0.25) is 5.02 Å². The average molecular weight is 433 g/mol. The number of carbonyl (C=O) groups is 1. The molecule has 3 nitrogen and oxygen atoms in total. The van der Waals surface area contributed by atoms with Gasteiger partial charge >= 0.3 is 5.97 Å². The number of rotatable bonds is 2. The molecule has 0 bridgehead atoms. The Kier molecular flexibility index (Phi) is 4.23. The van der Waals surface area contributed by atoms with E-state index in [4.69, 9.17) is 16.3 Å². The molecule has 0 N–H and O–H groups in total. The molecule has 0 atom stereocenters. The number of aryl methyl sites for hydroxylation is 1. The first kappa shape index (κ1) is 16.5. The van der Waals surface area contributed by atoms with Crippen LogP contribution in [0.3, 0.4) is 0 Å². The molecule has 25 heavy (non-hydrogen) atoms. The van der Waals surface area contributed by atoms with Crippen molar-refractivity contribution >= 4 is 66.9 Å². The molecule has 0 unspecified atom stereocenters. The minimum absolute atomic E-state index is 0.261. The van der Waals surface area contributed by atoms with Crippen LogP contribution >= 0.6 is 38.9 Å². The second-order valence-electron chi connectivity index (χ2n) is 5.63. The van der Waals surface area contributed by atoms with Gasteiger partial charge in [-0.15, -0.1) is 11.3 Å². The zero-order chi connectivity index (χ0) is 17.6. The van der Waals surface area contributed by atoms with Gasteiger partial charge in [-0.25, -0.2) is 9.79 Å². The summed E-state index contributed by atoms with van der Waals surface area (Å²) in [6.07, 6.45) is 1.70. The van der Waals surface area contributed by atoms with Gasteiger partial charge in [0, 0.05) is 14.6 Å². The third kappa shape index (κ3) is 3.15. The molecule has 2 heterocycles. The Morgan fingerprint density at radius 3 is 2.72 bits per heavy atom. The van der Waals surface area contributed by atoms with Crippen molar-refractivity contribution in [2.45, 2.75) is 6.92 Å². The first-order valence-corrected chi connectivity index (χ1v) is 9.47. The first-order valence-electron chi connectivity index (χ1n) is 7.48. The average Bonchev–Trinajstić information content (AvgIpc) is 3.10. The zero-order valence-electron chi connectivity index (χ0n) is 13.0. The van der Waals surface area contributed by atoms with Gasteiger partial charge in [-0.2, -0.15) is 0 Å². The highest BCUT2D eigenvalue weighted by molar-refractivity contribution is 9.10. The van der Waals surface area contributed by atoms with E-state index in [-0.39, 0.29) is 11.6 Å². The molecule has 0 saturated carbocycles. The van der Waals surface area contributed by atoms with Crippen LogP contribution in [-0.2, 0) is 9.53 Å². The lowest BCUT2D eigenvalue weighted by atomic mass is 10.2. The molecule has 0 spiro atoms. The third-order valence-corrected chi connectivity index (χ3v) is 5.95. The summed E-state index contributed by atoms with van der Waals surface area (Å²) >= 11 is 11.3. The number of hydrogen-bond acceptors (Lipinski definition) is 4. The summed E-state index contributed by atoms with van der Waals surface area (Å²) in [5.41, 5.74) is 2.29. The smallest absolute Gasteiger partial charge is 0.363 e. The van der Waals surface area contributed by atoms with E-state index in [0.717, 1.165) is 25.7 Å². The summed E-state index contributed by atoms with van der Waals surface area (Å²) in [5.74, 6) is -0.208. The molecule has 124 valence electrons. The van der Waals surface area contributed by atoms with Crippen molar-refractivity contribution in [2.24, 2.45) is 4.99 Å². The molecular weight excluding hydrogens is 422 g/mol. The van der Waals surface area contributed by atoms with Crippen LogP contribution in [0.15, 0.2) is 57.6 Å². The predicted molar refractivity (Wildman–Crippen MR) is 106 cm³/mol. The first-order chi connectivity index (χ1) is 12.0. The van der Waals surface area contributed by atoms with E-state index in [1.807, 2.05) is 43.3 Å². The van der Waals surface area contributed by atoms with Gasteiger partial charge in [-0.1, -0.05) is 51.8 Å². The Hall–Kier alpha value is -1.95. The van der Waals surface area contributed by atoms with Gasteiger partial charge in [0.05, 0.1) is 5.02 Å². The molecule has 0 radical (unpaired) electrons. The van der Waals surface area contributed by atoms with E-state index >= 15 is 0 Å². The highest BCUT2D eigenvalue weighted by Gasteiger charge is 2.27. The quantitative estimate of drug-likeness (QED) is 0.369. The molecule has 0 amide bonds. The Morgan fingerprint density at radius 1 is 1.20 bits per heavy atom. The number of esters is 1. The lowest BCUT2D eigenvalue weighted by Gasteiger charge is -1.95. The normalized spacial score (nSPS) is 15.7. The van der Waals surface area contributed by atoms with Crippen molar-refractivity contribution in [2.75, 3.05) is 0 Å². The van der Waals surface area contributed by atoms with Crippen molar-refractivity contribution < 1.29 is 9.53 Å². The summed E-state index contributed by atoms with van der Waals surface area (Å²) in [4.78, 5) is 17.2. The van der Waals surface area contributed by atoms with E-state index in [2.05, 4.69) is 27.0 Å². The fourth-order valence-electron chi connectivity index (χ4n) is 2.53. The number of carbonyl (C=O) groups excluding carboxylic acids is 1. The summed E-state index contributed by atoms with van der Waals surface area (Å²) in [6.45, 7) is 2.03. The van der Waals surface area contributed by atoms with Gasteiger partial charge in [0.1, 0.15) is 4.88 Å². The van der Waals surface area contributed by atoms with Crippen LogP contribution in [0.1, 0.15) is 16.0 Å². The van der Waals surface area contributed by atoms with Gasteiger partial charge in [-0.3, -0.25) is 0 Å². The van der Waals surface area contributed by atoms with Crippen molar-refractivity contribution in [1.82, 2.24) is 0 Å². The monoisotopic (exact) mass is 431 g/mol. The minimum atomic E-state index is -0.470. The Bertz CT molecular complexity index is 1070. The highest BCUT2D eigenvalue weighted by atomic mass is 79.9. The molecule has 2 aromatic carbocycles. The molecule has 4 rings (SSSR count).